The van der Waals surface area contributed by atoms with E-state index in [-0.39, 0.29) is 5.91 Å². The minimum atomic E-state index is 0.221. The van der Waals surface area contributed by atoms with Crippen LogP contribution in [-0.2, 0) is 0 Å². The molecule has 82 valence electrons. The Bertz CT molecular complexity index is 359. The highest BCUT2D eigenvalue weighted by Gasteiger charge is 2.32. The van der Waals surface area contributed by atoms with Gasteiger partial charge in [-0.1, -0.05) is 6.92 Å². The molecule has 15 heavy (non-hydrogen) atoms. The fraction of sp³-hybridized carbons (Fsp3) is 0.545. The number of halogens is 1. The van der Waals surface area contributed by atoms with Crippen LogP contribution in [-0.4, -0.2) is 23.4 Å². The lowest BCUT2D eigenvalue weighted by Crippen LogP contribution is -2.33. The second-order valence-corrected chi connectivity index (χ2v) is 6.67. The molecule has 0 saturated heterocycles. The van der Waals surface area contributed by atoms with Gasteiger partial charge in [0.05, 0.1) is 8.45 Å². The summed E-state index contributed by atoms with van der Waals surface area (Å²) in [7, 11) is 0. The molecule has 0 spiro atoms. The van der Waals surface area contributed by atoms with Crippen LogP contribution in [0.15, 0.2) is 11.4 Å². The second-order valence-electron chi connectivity index (χ2n) is 3.87. The Kier molecular flexibility index (Phi) is 3.66. The summed E-state index contributed by atoms with van der Waals surface area (Å²) in [5, 5.41) is 1.97. The predicted molar refractivity (Wildman–Crippen MR) is 71.4 cm³/mol. The number of thiophene rings is 1. The van der Waals surface area contributed by atoms with E-state index in [4.69, 9.17) is 0 Å². The van der Waals surface area contributed by atoms with Gasteiger partial charge in [0.1, 0.15) is 0 Å². The Balaban J connectivity index is 2.10. The van der Waals surface area contributed by atoms with Crippen molar-refractivity contribution in [3.05, 3.63) is 19.9 Å². The molecule has 1 amide bonds. The van der Waals surface area contributed by atoms with Gasteiger partial charge in [-0.15, -0.1) is 11.3 Å². The highest BCUT2D eigenvalue weighted by Crippen LogP contribution is 2.29. The van der Waals surface area contributed by atoms with E-state index in [1.807, 2.05) is 16.3 Å². The molecule has 1 heterocycles. The highest BCUT2D eigenvalue weighted by molar-refractivity contribution is 14.1. The van der Waals surface area contributed by atoms with Crippen LogP contribution in [0.25, 0.3) is 0 Å². The third kappa shape index (κ3) is 2.72. The second kappa shape index (κ2) is 4.82. The molecule has 0 aliphatic heterocycles. The van der Waals surface area contributed by atoms with Gasteiger partial charge >= 0.3 is 0 Å². The molecular formula is C11H14INOS. The zero-order valence-electron chi connectivity index (χ0n) is 8.70. The molecule has 0 aromatic carbocycles. The van der Waals surface area contributed by atoms with Crippen LogP contribution in [0.5, 0.6) is 0 Å². The molecule has 1 fully saturated rings. The molecule has 0 unspecified atom stereocenters. The molecule has 1 saturated carbocycles. The first-order chi connectivity index (χ1) is 7.22. The van der Waals surface area contributed by atoms with Crippen molar-refractivity contribution in [2.75, 3.05) is 6.54 Å². The van der Waals surface area contributed by atoms with E-state index >= 15 is 0 Å². The lowest BCUT2D eigenvalue weighted by Gasteiger charge is -2.20. The zero-order valence-corrected chi connectivity index (χ0v) is 11.7. The minimum Gasteiger partial charge on any atom is -0.336 e. The lowest BCUT2D eigenvalue weighted by molar-refractivity contribution is 0.0743. The van der Waals surface area contributed by atoms with E-state index in [0.717, 1.165) is 18.5 Å². The van der Waals surface area contributed by atoms with Gasteiger partial charge in [-0.2, -0.15) is 0 Å². The van der Waals surface area contributed by atoms with Crippen LogP contribution < -0.4 is 0 Å². The zero-order chi connectivity index (χ0) is 10.8. The van der Waals surface area contributed by atoms with Crippen molar-refractivity contribution in [3.63, 3.8) is 0 Å². The predicted octanol–water partition coefficient (Wildman–Crippen LogP) is 3.37. The Morgan fingerprint density at radius 2 is 2.40 bits per heavy atom. The minimum absolute atomic E-state index is 0.221. The summed E-state index contributed by atoms with van der Waals surface area (Å²) in [4.78, 5) is 14.2. The molecule has 0 bridgehead atoms. The van der Waals surface area contributed by atoms with E-state index in [2.05, 4.69) is 29.5 Å². The number of carbonyl (C=O) groups excluding carboxylic acids is 1. The fourth-order valence-corrected chi connectivity index (χ4v) is 2.99. The summed E-state index contributed by atoms with van der Waals surface area (Å²) < 4.78 is 1.18. The van der Waals surface area contributed by atoms with Gasteiger partial charge in [0, 0.05) is 18.0 Å². The number of carbonyl (C=O) groups is 1. The maximum absolute atomic E-state index is 12.2. The number of hydrogen-bond acceptors (Lipinski definition) is 2. The van der Waals surface area contributed by atoms with Gasteiger partial charge in [-0.3, -0.25) is 4.79 Å². The SMILES string of the molecule is CCCN(C(=O)c1csc(I)c1)C1CC1. The number of hydrogen-bond donors (Lipinski definition) is 0. The Labute approximate surface area is 108 Å². The maximum atomic E-state index is 12.2. The molecule has 1 aliphatic rings. The molecule has 4 heteroatoms. The topological polar surface area (TPSA) is 20.3 Å². The van der Waals surface area contributed by atoms with Crippen LogP contribution >= 0.6 is 33.9 Å². The molecule has 0 atom stereocenters. The fourth-order valence-electron chi connectivity index (χ4n) is 1.67. The number of rotatable bonds is 4. The van der Waals surface area contributed by atoms with E-state index in [1.54, 1.807) is 11.3 Å². The van der Waals surface area contributed by atoms with Crippen LogP contribution in [0, 0.1) is 2.88 Å². The van der Waals surface area contributed by atoms with Gasteiger partial charge in [0.25, 0.3) is 5.91 Å². The average molecular weight is 335 g/mol. The molecule has 1 aromatic rings. The van der Waals surface area contributed by atoms with Crippen LogP contribution in [0.4, 0.5) is 0 Å². The molecule has 1 aliphatic carbocycles. The summed E-state index contributed by atoms with van der Waals surface area (Å²) in [6, 6.07) is 2.51. The van der Waals surface area contributed by atoms with Crippen molar-refractivity contribution >= 4 is 39.8 Å². The summed E-state index contributed by atoms with van der Waals surface area (Å²) in [5.41, 5.74) is 0.866. The average Bonchev–Trinajstić information content (AvgIpc) is 2.96. The first-order valence-electron chi connectivity index (χ1n) is 5.27. The van der Waals surface area contributed by atoms with E-state index in [1.165, 1.54) is 15.7 Å². The van der Waals surface area contributed by atoms with Crippen molar-refractivity contribution in [2.24, 2.45) is 0 Å². The van der Waals surface area contributed by atoms with Crippen LogP contribution in [0.1, 0.15) is 36.5 Å². The van der Waals surface area contributed by atoms with Gasteiger partial charge in [-0.25, -0.2) is 0 Å². The van der Waals surface area contributed by atoms with E-state index < -0.39 is 0 Å². The molecule has 2 nitrogen and oxygen atoms in total. The standard InChI is InChI=1S/C11H14INOS/c1-2-5-13(9-3-4-9)11(14)8-6-10(12)15-7-8/h6-7,9H,2-5H2,1H3. The Morgan fingerprint density at radius 1 is 1.67 bits per heavy atom. The van der Waals surface area contributed by atoms with Gasteiger partial charge in [0.15, 0.2) is 0 Å². The molecule has 1 aromatic heterocycles. The molecular weight excluding hydrogens is 321 g/mol. The normalized spacial score (nSPS) is 15.3. The first-order valence-corrected chi connectivity index (χ1v) is 7.23. The summed E-state index contributed by atoms with van der Waals surface area (Å²) in [6.45, 7) is 3.02. The van der Waals surface area contributed by atoms with Crippen molar-refractivity contribution in [1.82, 2.24) is 4.90 Å². The van der Waals surface area contributed by atoms with Crippen molar-refractivity contribution in [1.29, 1.82) is 0 Å². The Morgan fingerprint density at radius 3 is 2.87 bits per heavy atom. The largest absolute Gasteiger partial charge is 0.336 e. The first kappa shape index (κ1) is 11.4. The van der Waals surface area contributed by atoms with Gasteiger partial charge < -0.3 is 4.90 Å². The third-order valence-electron chi connectivity index (χ3n) is 2.53. The molecule has 2 rings (SSSR count). The quantitative estimate of drug-likeness (QED) is 0.773. The Hall–Kier alpha value is -0.100. The van der Waals surface area contributed by atoms with Crippen molar-refractivity contribution in [3.8, 4) is 0 Å². The van der Waals surface area contributed by atoms with Crippen molar-refractivity contribution in [2.45, 2.75) is 32.2 Å². The van der Waals surface area contributed by atoms with Crippen LogP contribution in [0.2, 0.25) is 0 Å². The van der Waals surface area contributed by atoms with Crippen molar-refractivity contribution < 1.29 is 4.79 Å². The molecule has 0 radical (unpaired) electrons. The van der Waals surface area contributed by atoms with E-state index in [0.29, 0.717) is 6.04 Å². The van der Waals surface area contributed by atoms with Crippen LogP contribution in [0.3, 0.4) is 0 Å². The summed E-state index contributed by atoms with van der Waals surface area (Å²) in [5.74, 6) is 0.221. The summed E-state index contributed by atoms with van der Waals surface area (Å²) >= 11 is 3.90. The smallest absolute Gasteiger partial charge is 0.254 e. The molecule has 0 N–H and O–H groups in total. The van der Waals surface area contributed by atoms with E-state index in [9.17, 15) is 4.79 Å². The van der Waals surface area contributed by atoms with Gasteiger partial charge in [-0.05, 0) is 47.9 Å². The summed E-state index contributed by atoms with van der Waals surface area (Å²) in [6.07, 6.45) is 3.42. The third-order valence-corrected chi connectivity index (χ3v) is 4.32. The number of amides is 1. The lowest BCUT2D eigenvalue weighted by atomic mass is 10.2. The number of nitrogens with zero attached hydrogens (tertiary/aromatic N) is 1. The van der Waals surface area contributed by atoms with Gasteiger partial charge in [0.2, 0.25) is 0 Å². The maximum Gasteiger partial charge on any atom is 0.254 e. The highest BCUT2D eigenvalue weighted by atomic mass is 127. The monoisotopic (exact) mass is 335 g/mol.